The van der Waals surface area contributed by atoms with E-state index in [9.17, 15) is 4.79 Å². The van der Waals surface area contributed by atoms with Gasteiger partial charge < -0.3 is 9.47 Å². The van der Waals surface area contributed by atoms with Crippen LogP contribution in [0, 0.1) is 0 Å². The molecule has 2 aromatic rings. The first-order chi connectivity index (χ1) is 13.2. The van der Waals surface area contributed by atoms with Crippen molar-refractivity contribution in [1.82, 2.24) is 19.8 Å². The molecular weight excluding hydrogens is 338 g/mol. The Balaban J connectivity index is 1.69. The lowest BCUT2D eigenvalue weighted by Gasteiger charge is -2.23. The summed E-state index contributed by atoms with van der Waals surface area (Å²) < 4.78 is 2.04. The van der Waals surface area contributed by atoms with Gasteiger partial charge in [-0.25, -0.2) is 9.78 Å². The first-order valence-corrected chi connectivity index (χ1v) is 9.85. The van der Waals surface area contributed by atoms with Crippen LogP contribution in [-0.2, 0) is 6.54 Å². The maximum absolute atomic E-state index is 12.6. The predicted molar refractivity (Wildman–Crippen MR) is 108 cm³/mol. The molecule has 1 aromatic carbocycles. The van der Waals surface area contributed by atoms with E-state index in [0.717, 1.165) is 50.2 Å². The lowest BCUT2D eigenvalue weighted by molar-refractivity contribution is 0.201. The van der Waals surface area contributed by atoms with Crippen molar-refractivity contribution in [1.29, 1.82) is 0 Å². The van der Waals surface area contributed by atoms with Crippen LogP contribution in [0.2, 0.25) is 0 Å². The molecule has 6 heteroatoms. The maximum atomic E-state index is 12.6. The van der Waals surface area contributed by atoms with Gasteiger partial charge in [0, 0.05) is 25.5 Å². The first-order valence-electron chi connectivity index (χ1n) is 9.85. The zero-order valence-electron chi connectivity index (χ0n) is 16.2. The normalized spacial score (nSPS) is 19.5. The van der Waals surface area contributed by atoms with E-state index in [1.165, 1.54) is 0 Å². The number of carbonyl (C=O) groups is 1. The number of aliphatic imine (C=N–C) groups is 1. The molecule has 3 rings (SSSR count). The van der Waals surface area contributed by atoms with E-state index < -0.39 is 0 Å². The van der Waals surface area contributed by atoms with Crippen LogP contribution < -0.4 is 5.32 Å². The molecule has 1 fully saturated rings. The molecule has 27 heavy (non-hydrogen) atoms. The summed E-state index contributed by atoms with van der Waals surface area (Å²) >= 11 is 0. The first kappa shape index (κ1) is 19.1. The third-order valence-electron chi connectivity index (χ3n) is 5.01. The number of amides is 2. The summed E-state index contributed by atoms with van der Waals surface area (Å²) in [7, 11) is 0. The van der Waals surface area contributed by atoms with E-state index in [0.29, 0.717) is 0 Å². The Morgan fingerprint density at radius 3 is 2.74 bits per heavy atom. The van der Waals surface area contributed by atoms with Crippen molar-refractivity contribution in [2.24, 2.45) is 4.99 Å². The zero-order chi connectivity index (χ0) is 19.1. The second-order valence-corrected chi connectivity index (χ2v) is 7.04. The highest BCUT2D eigenvalue weighted by atomic mass is 16.2. The monoisotopic (exact) mass is 367 g/mol. The summed E-state index contributed by atoms with van der Waals surface area (Å²) in [5.41, 5.74) is 1.16. The smallest absolute Gasteiger partial charge is 0.323 e. The van der Waals surface area contributed by atoms with Crippen molar-refractivity contribution in [2.75, 3.05) is 6.54 Å². The molecule has 0 radical (unpaired) electrons. The highest BCUT2D eigenvalue weighted by Gasteiger charge is 2.35. The average molecular weight is 367 g/mol. The van der Waals surface area contributed by atoms with Gasteiger partial charge in [-0.2, -0.15) is 0 Å². The van der Waals surface area contributed by atoms with Crippen molar-refractivity contribution in [3.05, 3.63) is 54.6 Å². The van der Waals surface area contributed by atoms with Gasteiger partial charge in [0.1, 0.15) is 5.84 Å². The van der Waals surface area contributed by atoms with Gasteiger partial charge in [-0.1, -0.05) is 50.1 Å². The Morgan fingerprint density at radius 1 is 1.22 bits per heavy atom. The zero-order valence-corrected chi connectivity index (χ0v) is 16.2. The lowest BCUT2D eigenvalue weighted by atomic mass is 10.1. The van der Waals surface area contributed by atoms with Gasteiger partial charge >= 0.3 is 6.03 Å². The van der Waals surface area contributed by atoms with Crippen LogP contribution >= 0.6 is 0 Å². The number of amidine groups is 1. The number of unbranched alkanes of at least 4 members (excludes halogenated alkanes) is 1. The summed E-state index contributed by atoms with van der Waals surface area (Å²) in [5, 5.41) is 3.03. The van der Waals surface area contributed by atoms with E-state index >= 15 is 0 Å². The van der Waals surface area contributed by atoms with Crippen LogP contribution in [0.4, 0.5) is 4.79 Å². The Kier molecular flexibility index (Phi) is 6.63. The van der Waals surface area contributed by atoms with Crippen LogP contribution in [0.15, 0.2) is 54.0 Å². The van der Waals surface area contributed by atoms with Gasteiger partial charge in [0.05, 0.1) is 18.4 Å². The topological polar surface area (TPSA) is 62.5 Å². The van der Waals surface area contributed by atoms with Crippen molar-refractivity contribution in [3.8, 4) is 0 Å². The standard InChI is InChI=1S/C21H29N5O/c1-3-4-11-19-20(23-17(2)18-9-6-5-7-10-18)24-21(27)26(19)14-8-13-25-15-12-22-16-25/h5-7,9-10,12,15-17,19H,3-4,8,11,13-14H2,1-2H3,(H,23,24,27). The van der Waals surface area contributed by atoms with E-state index in [4.69, 9.17) is 4.99 Å². The molecule has 0 aliphatic carbocycles. The van der Waals surface area contributed by atoms with Gasteiger partial charge in [0.2, 0.25) is 0 Å². The van der Waals surface area contributed by atoms with Crippen LogP contribution in [0.1, 0.15) is 51.1 Å². The molecule has 6 nitrogen and oxygen atoms in total. The summed E-state index contributed by atoms with van der Waals surface area (Å²) in [6.45, 7) is 5.83. The molecule has 1 aliphatic rings. The molecule has 1 saturated heterocycles. The van der Waals surface area contributed by atoms with Crippen LogP contribution in [-0.4, -0.2) is 38.9 Å². The molecule has 2 unspecified atom stereocenters. The number of nitrogens with one attached hydrogen (secondary N) is 1. The van der Waals surface area contributed by atoms with Crippen LogP contribution in [0.25, 0.3) is 0 Å². The van der Waals surface area contributed by atoms with Crippen molar-refractivity contribution >= 4 is 11.9 Å². The molecule has 0 saturated carbocycles. The van der Waals surface area contributed by atoms with E-state index in [2.05, 4.69) is 36.3 Å². The number of nitrogens with zero attached hydrogens (tertiary/aromatic N) is 4. The number of aromatic nitrogens is 2. The minimum absolute atomic E-state index is 0.0246. The molecule has 1 aliphatic heterocycles. The molecule has 1 aromatic heterocycles. The largest absolute Gasteiger partial charge is 0.337 e. The Hall–Kier alpha value is -2.63. The average Bonchev–Trinajstić information content (AvgIpc) is 3.29. The molecule has 1 N–H and O–H groups in total. The maximum Gasteiger partial charge on any atom is 0.323 e. The SMILES string of the molecule is CCCCC1/C(=N\C(C)c2ccccc2)NC(=O)N1CCCn1ccnc1. The van der Waals surface area contributed by atoms with Gasteiger partial charge in [-0.05, 0) is 25.3 Å². The number of hydrogen-bond donors (Lipinski definition) is 1. The number of rotatable bonds is 9. The predicted octanol–water partition coefficient (Wildman–Crippen LogP) is 4.02. The summed E-state index contributed by atoms with van der Waals surface area (Å²) in [5.74, 6) is 0.812. The number of carbonyl (C=O) groups excluding carboxylic acids is 1. The van der Waals surface area contributed by atoms with Crippen LogP contribution in [0.5, 0.6) is 0 Å². The molecule has 0 bridgehead atoms. The summed E-state index contributed by atoms with van der Waals surface area (Å²) in [4.78, 5) is 23.5. The summed E-state index contributed by atoms with van der Waals surface area (Å²) in [6.07, 6.45) is 9.57. The number of aryl methyl sites for hydroxylation is 1. The molecule has 2 amide bonds. The van der Waals surface area contributed by atoms with Crippen molar-refractivity contribution < 1.29 is 4.79 Å². The molecule has 144 valence electrons. The minimum atomic E-state index is -0.0271. The van der Waals surface area contributed by atoms with E-state index in [1.54, 1.807) is 6.20 Å². The Labute approximate surface area is 161 Å². The Bertz CT molecular complexity index is 741. The molecule has 2 atom stereocenters. The number of urea groups is 1. The number of benzene rings is 1. The lowest BCUT2D eigenvalue weighted by Crippen LogP contribution is -2.36. The van der Waals surface area contributed by atoms with Gasteiger partial charge in [-0.3, -0.25) is 10.3 Å². The van der Waals surface area contributed by atoms with Crippen molar-refractivity contribution in [2.45, 2.75) is 58.2 Å². The highest BCUT2D eigenvalue weighted by Crippen LogP contribution is 2.22. The molecular formula is C21H29N5O. The van der Waals surface area contributed by atoms with E-state index in [-0.39, 0.29) is 18.1 Å². The third-order valence-corrected chi connectivity index (χ3v) is 5.01. The fraction of sp³-hybridized carbons (Fsp3) is 0.476. The van der Waals surface area contributed by atoms with Crippen molar-refractivity contribution in [3.63, 3.8) is 0 Å². The fourth-order valence-corrected chi connectivity index (χ4v) is 3.48. The van der Waals surface area contributed by atoms with Gasteiger partial charge in [0.15, 0.2) is 0 Å². The number of hydrogen-bond acceptors (Lipinski definition) is 3. The number of imidazole rings is 1. The van der Waals surface area contributed by atoms with Gasteiger partial charge in [0.25, 0.3) is 0 Å². The molecule has 2 heterocycles. The van der Waals surface area contributed by atoms with E-state index in [1.807, 2.05) is 40.2 Å². The fourth-order valence-electron chi connectivity index (χ4n) is 3.48. The Morgan fingerprint density at radius 2 is 2.04 bits per heavy atom. The van der Waals surface area contributed by atoms with Gasteiger partial charge in [-0.15, -0.1) is 0 Å². The minimum Gasteiger partial charge on any atom is -0.337 e. The summed E-state index contributed by atoms with van der Waals surface area (Å²) in [6, 6.07) is 10.3. The molecule has 0 spiro atoms. The third kappa shape index (κ3) is 4.96. The highest BCUT2D eigenvalue weighted by molar-refractivity contribution is 6.07. The quantitative estimate of drug-likeness (QED) is 0.728. The second kappa shape index (κ2) is 9.35. The second-order valence-electron chi connectivity index (χ2n) is 7.04. The van der Waals surface area contributed by atoms with Crippen LogP contribution in [0.3, 0.4) is 0 Å².